The fourth-order valence-corrected chi connectivity index (χ4v) is 1.33. The van der Waals surface area contributed by atoms with E-state index < -0.39 is 23.4 Å². The summed E-state index contributed by atoms with van der Waals surface area (Å²) in [5, 5.41) is 2.34. The third kappa shape index (κ3) is 1.75. The predicted octanol–water partition coefficient (Wildman–Crippen LogP) is -0.980. The van der Waals surface area contributed by atoms with Gasteiger partial charge in [-0.3, -0.25) is 19.3 Å². The van der Waals surface area contributed by atoms with E-state index in [4.69, 9.17) is 4.74 Å². The Balaban J connectivity index is 3.10. The lowest BCUT2D eigenvalue weighted by molar-refractivity contribution is -0.169. The quantitative estimate of drug-likeness (QED) is 0.597. The molecular formula is C9H12N2O4. The molecule has 6 nitrogen and oxygen atoms in total. The Morgan fingerprint density at radius 3 is 2.67 bits per heavy atom. The molecule has 1 unspecified atom stereocenters. The molecule has 0 aromatic carbocycles. The van der Waals surface area contributed by atoms with Crippen molar-refractivity contribution in [2.24, 2.45) is 0 Å². The van der Waals surface area contributed by atoms with Crippen molar-refractivity contribution in [2.45, 2.75) is 12.6 Å². The molecule has 15 heavy (non-hydrogen) atoms. The van der Waals surface area contributed by atoms with Crippen LogP contribution in [0, 0.1) is 0 Å². The normalized spacial score (nSPS) is 26.1. The van der Waals surface area contributed by atoms with Crippen molar-refractivity contribution in [1.82, 2.24) is 10.2 Å². The molecule has 1 N–H and O–H groups in total. The van der Waals surface area contributed by atoms with Crippen molar-refractivity contribution in [1.29, 1.82) is 0 Å². The largest absolute Gasteiger partial charge is 0.347 e. The van der Waals surface area contributed by atoms with Crippen LogP contribution in [0.5, 0.6) is 0 Å². The average molecular weight is 212 g/mol. The Bertz CT molecular complexity index is 339. The van der Waals surface area contributed by atoms with Gasteiger partial charge in [0, 0.05) is 14.0 Å². The number of rotatable bonds is 2. The molecule has 0 aliphatic carbocycles. The smallest absolute Gasteiger partial charge is 0.287 e. The van der Waals surface area contributed by atoms with Crippen LogP contribution < -0.4 is 5.32 Å². The highest BCUT2D eigenvalue weighted by Gasteiger charge is 2.46. The van der Waals surface area contributed by atoms with Crippen LogP contribution in [0.15, 0.2) is 12.7 Å². The van der Waals surface area contributed by atoms with E-state index in [1.165, 1.54) is 14.0 Å². The fourth-order valence-electron chi connectivity index (χ4n) is 1.33. The van der Waals surface area contributed by atoms with Gasteiger partial charge in [-0.1, -0.05) is 6.58 Å². The predicted molar refractivity (Wildman–Crippen MR) is 50.5 cm³/mol. The van der Waals surface area contributed by atoms with Gasteiger partial charge in [0.1, 0.15) is 6.54 Å². The van der Waals surface area contributed by atoms with Crippen LogP contribution >= 0.6 is 0 Å². The van der Waals surface area contributed by atoms with Crippen molar-refractivity contribution >= 4 is 17.7 Å². The Labute approximate surface area is 86.9 Å². The number of ether oxygens (including phenoxy) is 1. The van der Waals surface area contributed by atoms with E-state index in [0.29, 0.717) is 0 Å². The Kier molecular flexibility index (Phi) is 2.90. The zero-order chi connectivity index (χ0) is 11.6. The van der Waals surface area contributed by atoms with Gasteiger partial charge in [-0.2, -0.15) is 0 Å². The molecule has 0 aromatic rings. The molecule has 0 radical (unpaired) electrons. The van der Waals surface area contributed by atoms with Crippen molar-refractivity contribution in [3.8, 4) is 0 Å². The third-order valence-electron chi connectivity index (χ3n) is 2.18. The number of hydrogen-bond donors (Lipinski definition) is 1. The summed E-state index contributed by atoms with van der Waals surface area (Å²) in [5.74, 6) is -1.60. The number of hydrogen-bond acceptors (Lipinski definition) is 4. The zero-order valence-electron chi connectivity index (χ0n) is 8.57. The second-order valence-corrected chi connectivity index (χ2v) is 3.10. The molecule has 6 heteroatoms. The van der Waals surface area contributed by atoms with E-state index in [1.807, 2.05) is 0 Å². The first kappa shape index (κ1) is 11.4. The first-order valence-electron chi connectivity index (χ1n) is 4.29. The van der Waals surface area contributed by atoms with Crippen molar-refractivity contribution in [3.63, 3.8) is 0 Å². The van der Waals surface area contributed by atoms with E-state index in [0.717, 1.165) is 11.0 Å². The van der Waals surface area contributed by atoms with Gasteiger partial charge < -0.3 is 10.1 Å². The molecule has 1 aliphatic heterocycles. The highest BCUT2D eigenvalue weighted by atomic mass is 16.5. The van der Waals surface area contributed by atoms with Crippen molar-refractivity contribution in [3.05, 3.63) is 12.7 Å². The summed E-state index contributed by atoms with van der Waals surface area (Å²) in [4.78, 5) is 35.0. The van der Waals surface area contributed by atoms with Crippen molar-refractivity contribution < 1.29 is 19.1 Å². The summed E-state index contributed by atoms with van der Waals surface area (Å²) in [6.07, 6.45) is 1.16. The van der Waals surface area contributed by atoms with Crippen LogP contribution in [-0.2, 0) is 19.1 Å². The highest BCUT2D eigenvalue weighted by Crippen LogP contribution is 2.16. The minimum Gasteiger partial charge on any atom is -0.347 e. The van der Waals surface area contributed by atoms with E-state index in [-0.39, 0.29) is 6.54 Å². The molecule has 0 bridgehead atoms. The maximum absolute atomic E-state index is 11.8. The Morgan fingerprint density at radius 2 is 2.27 bits per heavy atom. The molecule has 1 aliphatic rings. The lowest BCUT2D eigenvalue weighted by Gasteiger charge is -2.37. The van der Waals surface area contributed by atoms with Crippen LogP contribution in [-0.4, -0.2) is 42.0 Å². The topological polar surface area (TPSA) is 75.7 Å². The second-order valence-electron chi connectivity index (χ2n) is 3.10. The zero-order valence-corrected chi connectivity index (χ0v) is 8.57. The molecule has 1 saturated heterocycles. The standard InChI is InChI=1S/C9H12N2O4/c1-4-9(15-3)8(14)11(6(2)12)5-7(13)10-9/h4H,1,5H2,2-3H3,(H,10,13). The summed E-state index contributed by atoms with van der Waals surface area (Å²) in [7, 11) is 1.25. The first-order chi connectivity index (χ1) is 6.96. The molecule has 82 valence electrons. The maximum Gasteiger partial charge on any atom is 0.287 e. The molecule has 3 amide bonds. The van der Waals surface area contributed by atoms with Gasteiger partial charge in [0.15, 0.2) is 0 Å². The van der Waals surface area contributed by atoms with E-state index in [1.54, 1.807) is 0 Å². The summed E-state index contributed by atoms with van der Waals surface area (Å²) >= 11 is 0. The number of methoxy groups -OCH3 is 1. The first-order valence-corrected chi connectivity index (χ1v) is 4.29. The number of nitrogens with one attached hydrogen (secondary N) is 1. The van der Waals surface area contributed by atoms with Crippen LogP contribution in [0.4, 0.5) is 0 Å². The second kappa shape index (κ2) is 3.82. The molecule has 1 heterocycles. The van der Waals surface area contributed by atoms with E-state index >= 15 is 0 Å². The van der Waals surface area contributed by atoms with Crippen LogP contribution in [0.1, 0.15) is 6.92 Å². The van der Waals surface area contributed by atoms with Crippen LogP contribution in [0.25, 0.3) is 0 Å². The minimum atomic E-state index is -1.62. The fraction of sp³-hybridized carbons (Fsp3) is 0.444. The highest BCUT2D eigenvalue weighted by molar-refractivity contribution is 6.06. The van der Waals surface area contributed by atoms with Gasteiger partial charge in [0.2, 0.25) is 17.5 Å². The lowest BCUT2D eigenvalue weighted by atomic mass is 10.1. The number of carbonyl (C=O) groups is 3. The average Bonchev–Trinajstić information content (AvgIpc) is 2.20. The molecule has 1 fully saturated rings. The van der Waals surface area contributed by atoms with Gasteiger partial charge in [0.05, 0.1) is 0 Å². The molecule has 0 saturated carbocycles. The minimum absolute atomic E-state index is 0.285. The van der Waals surface area contributed by atoms with Gasteiger partial charge in [-0.15, -0.1) is 0 Å². The SMILES string of the molecule is C=CC1(OC)NC(=O)CN(C(C)=O)C1=O. The summed E-state index contributed by atoms with van der Waals surface area (Å²) in [6.45, 7) is 4.33. The third-order valence-corrected chi connectivity index (χ3v) is 2.18. The molecule has 0 aromatic heterocycles. The van der Waals surface area contributed by atoms with E-state index in [2.05, 4.69) is 11.9 Å². The number of imide groups is 1. The molecule has 0 spiro atoms. The summed E-state index contributed by atoms with van der Waals surface area (Å²) in [6, 6.07) is 0. The van der Waals surface area contributed by atoms with E-state index in [9.17, 15) is 14.4 Å². The Hall–Kier alpha value is -1.69. The number of carbonyl (C=O) groups excluding carboxylic acids is 3. The monoisotopic (exact) mass is 212 g/mol. The molecule has 1 atom stereocenters. The number of piperazine rings is 1. The summed E-state index contributed by atoms with van der Waals surface area (Å²) in [5.41, 5.74) is -1.62. The van der Waals surface area contributed by atoms with Crippen LogP contribution in [0.3, 0.4) is 0 Å². The lowest BCUT2D eigenvalue weighted by Crippen LogP contribution is -2.67. The van der Waals surface area contributed by atoms with Gasteiger partial charge in [-0.05, 0) is 6.08 Å². The summed E-state index contributed by atoms with van der Waals surface area (Å²) < 4.78 is 4.90. The van der Waals surface area contributed by atoms with Gasteiger partial charge in [0.25, 0.3) is 5.91 Å². The van der Waals surface area contributed by atoms with Crippen molar-refractivity contribution in [2.75, 3.05) is 13.7 Å². The van der Waals surface area contributed by atoms with Gasteiger partial charge >= 0.3 is 0 Å². The Morgan fingerprint density at radius 1 is 1.67 bits per heavy atom. The molecular weight excluding hydrogens is 200 g/mol. The number of nitrogens with zero attached hydrogens (tertiary/aromatic N) is 1. The van der Waals surface area contributed by atoms with Crippen LogP contribution in [0.2, 0.25) is 0 Å². The number of amides is 3. The molecule has 1 rings (SSSR count). The van der Waals surface area contributed by atoms with Gasteiger partial charge in [-0.25, -0.2) is 0 Å². The maximum atomic E-state index is 11.8.